The van der Waals surface area contributed by atoms with Crippen molar-refractivity contribution in [1.29, 1.82) is 0 Å². The zero-order valence-corrected chi connectivity index (χ0v) is 11.3. The molecule has 1 aromatic rings. The van der Waals surface area contributed by atoms with E-state index in [0.717, 1.165) is 37.8 Å². The van der Waals surface area contributed by atoms with Crippen LogP contribution in [-0.4, -0.2) is 53.1 Å². The highest BCUT2D eigenvalue weighted by molar-refractivity contribution is 5.44. The summed E-state index contributed by atoms with van der Waals surface area (Å²) in [5.41, 5.74) is 9.12. The van der Waals surface area contributed by atoms with Gasteiger partial charge < -0.3 is 16.1 Å². The van der Waals surface area contributed by atoms with Crippen LogP contribution in [0.25, 0.3) is 0 Å². The van der Waals surface area contributed by atoms with Gasteiger partial charge >= 0.3 is 0 Å². The van der Waals surface area contributed by atoms with Crippen molar-refractivity contribution in [3.63, 3.8) is 0 Å². The van der Waals surface area contributed by atoms with E-state index in [9.17, 15) is 0 Å². The van der Waals surface area contributed by atoms with Crippen LogP contribution in [0.15, 0.2) is 6.07 Å². The molecular weight excluding hydrogens is 228 g/mol. The fourth-order valence-electron chi connectivity index (χ4n) is 1.88. The highest BCUT2D eigenvalue weighted by Gasteiger charge is 2.15. The van der Waals surface area contributed by atoms with Crippen LogP contribution in [0.1, 0.15) is 25.6 Å². The lowest BCUT2D eigenvalue weighted by Gasteiger charge is -2.32. The van der Waals surface area contributed by atoms with E-state index in [1.54, 1.807) is 6.07 Å². The van der Waals surface area contributed by atoms with Gasteiger partial charge in [-0.1, -0.05) is 13.8 Å². The number of piperazine rings is 1. The van der Waals surface area contributed by atoms with Crippen LogP contribution >= 0.6 is 0 Å². The van der Waals surface area contributed by atoms with Gasteiger partial charge in [0.1, 0.15) is 17.5 Å². The average Bonchev–Trinajstić information content (AvgIpc) is 2.31. The predicted molar refractivity (Wildman–Crippen MR) is 73.2 cm³/mol. The fraction of sp³-hybridized carbons (Fsp3) is 0.667. The van der Waals surface area contributed by atoms with E-state index in [0.29, 0.717) is 5.82 Å². The summed E-state index contributed by atoms with van der Waals surface area (Å²) in [5, 5.41) is 2.17. The molecule has 2 heterocycles. The number of hydrazine groups is 1. The number of nitrogen functional groups attached to an aromatic ring is 1. The van der Waals surface area contributed by atoms with Crippen LogP contribution in [0.4, 0.5) is 11.6 Å². The van der Waals surface area contributed by atoms with Gasteiger partial charge in [0.15, 0.2) is 0 Å². The standard InChI is InChI=1S/C12H22N6/c1-9(2)12-14-10(13)8-11(15-12)16-18-6-4-17(3)5-7-18/h8-9H,4-7H2,1-3H3,(H3,13,14,15,16). The Morgan fingerprint density at radius 1 is 1.22 bits per heavy atom. The highest BCUT2D eigenvalue weighted by atomic mass is 15.5. The number of likely N-dealkylation sites (N-methyl/N-ethyl adjacent to an activating group) is 1. The molecule has 1 aliphatic heterocycles. The minimum atomic E-state index is 0.279. The molecule has 1 aromatic heterocycles. The quantitative estimate of drug-likeness (QED) is 0.825. The summed E-state index contributed by atoms with van der Waals surface area (Å²) in [5.74, 6) is 2.37. The van der Waals surface area contributed by atoms with Gasteiger partial charge in [0.2, 0.25) is 0 Å². The first-order valence-electron chi connectivity index (χ1n) is 6.39. The van der Waals surface area contributed by atoms with Gasteiger partial charge in [-0.15, -0.1) is 0 Å². The molecule has 2 rings (SSSR count). The Labute approximate surface area is 108 Å². The highest BCUT2D eigenvalue weighted by Crippen LogP contribution is 2.15. The Morgan fingerprint density at radius 3 is 2.50 bits per heavy atom. The number of hydrogen-bond acceptors (Lipinski definition) is 6. The smallest absolute Gasteiger partial charge is 0.146 e. The molecule has 0 amide bonds. The van der Waals surface area contributed by atoms with Crippen LogP contribution in [0.3, 0.4) is 0 Å². The molecule has 1 fully saturated rings. The second kappa shape index (κ2) is 5.49. The third kappa shape index (κ3) is 3.30. The predicted octanol–water partition coefficient (Wildman–Crippen LogP) is 0.756. The SMILES string of the molecule is CC(C)c1nc(N)cc(NN2CCN(C)CC2)n1. The van der Waals surface area contributed by atoms with Gasteiger partial charge in [-0.2, -0.15) is 0 Å². The van der Waals surface area contributed by atoms with E-state index in [2.05, 4.69) is 46.2 Å². The lowest BCUT2D eigenvalue weighted by Crippen LogP contribution is -2.47. The molecule has 1 aliphatic rings. The molecule has 100 valence electrons. The van der Waals surface area contributed by atoms with Crippen molar-refractivity contribution in [3.05, 3.63) is 11.9 Å². The molecule has 0 aliphatic carbocycles. The topological polar surface area (TPSA) is 70.3 Å². The number of aromatic nitrogens is 2. The van der Waals surface area contributed by atoms with Gasteiger partial charge in [0, 0.05) is 38.2 Å². The lowest BCUT2D eigenvalue weighted by atomic mass is 10.2. The average molecular weight is 250 g/mol. The first-order valence-corrected chi connectivity index (χ1v) is 6.39. The van der Waals surface area contributed by atoms with E-state index in [4.69, 9.17) is 5.73 Å². The third-order valence-corrected chi connectivity index (χ3v) is 3.06. The number of hydrogen-bond donors (Lipinski definition) is 2. The summed E-state index contributed by atoms with van der Waals surface area (Å²) >= 11 is 0. The van der Waals surface area contributed by atoms with Crippen molar-refractivity contribution < 1.29 is 0 Å². The summed E-state index contributed by atoms with van der Waals surface area (Å²) in [7, 11) is 2.14. The molecule has 0 unspecified atom stereocenters. The van der Waals surface area contributed by atoms with Gasteiger partial charge in [0.05, 0.1) is 0 Å². The van der Waals surface area contributed by atoms with Gasteiger partial charge in [0.25, 0.3) is 0 Å². The monoisotopic (exact) mass is 250 g/mol. The molecule has 0 radical (unpaired) electrons. The van der Waals surface area contributed by atoms with E-state index < -0.39 is 0 Å². The van der Waals surface area contributed by atoms with E-state index in [1.165, 1.54) is 0 Å². The maximum Gasteiger partial charge on any atom is 0.146 e. The molecule has 0 saturated carbocycles. The molecule has 0 aromatic carbocycles. The van der Waals surface area contributed by atoms with Crippen molar-refractivity contribution >= 4 is 11.6 Å². The van der Waals surface area contributed by atoms with Gasteiger partial charge in [-0.05, 0) is 7.05 Å². The first-order chi connectivity index (χ1) is 8.54. The Hall–Kier alpha value is -1.40. The maximum absolute atomic E-state index is 5.81. The molecule has 3 N–H and O–H groups in total. The minimum Gasteiger partial charge on any atom is -0.384 e. The summed E-state index contributed by atoms with van der Waals surface area (Å²) in [6, 6.07) is 1.78. The number of rotatable bonds is 3. The third-order valence-electron chi connectivity index (χ3n) is 3.06. The molecule has 6 heteroatoms. The Morgan fingerprint density at radius 2 is 1.89 bits per heavy atom. The Kier molecular flexibility index (Phi) is 3.98. The molecule has 0 atom stereocenters. The molecular formula is C12H22N6. The zero-order chi connectivity index (χ0) is 13.1. The van der Waals surface area contributed by atoms with Crippen LogP contribution < -0.4 is 11.2 Å². The summed E-state index contributed by atoms with van der Waals surface area (Å²) in [4.78, 5) is 11.0. The fourth-order valence-corrected chi connectivity index (χ4v) is 1.88. The molecule has 6 nitrogen and oxygen atoms in total. The van der Waals surface area contributed by atoms with Gasteiger partial charge in [-0.25, -0.2) is 15.0 Å². The number of anilines is 2. The minimum absolute atomic E-state index is 0.279. The Bertz CT molecular complexity index is 398. The summed E-state index contributed by atoms with van der Waals surface area (Å²) in [6.45, 7) is 8.22. The van der Waals surface area contributed by atoms with E-state index in [-0.39, 0.29) is 5.92 Å². The maximum atomic E-state index is 5.81. The largest absolute Gasteiger partial charge is 0.384 e. The lowest BCUT2D eigenvalue weighted by molar-refractivity contribution is 0.178. The summed E-state index contributed by atoms with van der Waals surface area (Å²) < 4.78 is 0. The number of nitrogens with one attached hydrogen (secondary N) is 1. The molecule has 18 heavy (non-hydrogen) atoms. The van der Waals surface area contributed by atoms with Crippen LogP contribution in [0, 0.1) is 0 Å². The van der Waals surface area contributed by atoms with Crippen molar-refractivity contribution in [2.75, 3.05) is 44.4 Å². The second-order valence-corrected chi connectivity index (χ2v) is 5.09. The van der Waals surface area contributed by atoms with E-state index in [1.807, 2.05) is 0 Å². The van der Waals surface area contributed by atoms with Crippen LogP contribution in [-0.2, 0) is 0 Å². The van der Waals surface area contributed by atoms with Crippen LogP contribution in [0.2, 0.25) is 0 Å². The van der Waals surface area contributed by atoms with E-state index >= 15 is 0 Å². The van der Waals surface area contributed by atoms with Crippen molar-refractivity contribution in [2.24, 2.45) is 0 Å². The summed E-state index contributed by atoms with van der Waals surface area (Å²) in [6.07, 6.45) is 0. The van der Waals surface area contributed by atoms with Crippen molar-refractivity contribution in [2.45, 2.75) is 19.8 Å². The number of nitrogens with two attached hydrogens (primary N) is 1. The zero-order valence-electron chi connectivity index (χ0n) is 11.3. The van der Waals surface area contributed by atoms with Crippen molar-refractivity contribution in [3.8, 4) is 0 Å². The Balaban J connectivity index is 2.04. The number of nitrogens with zero attached hydrogens (tertiary/aromatic N) is 4. The van der Waals surface area contributed by atoms with Gasteiger partial charge in [-0.3, -0.25) is 0 Å². The second-order valence-electron chi connectivity index (χ2n) is 5.09. The molecule has 1 saturated heterocycles. The van der Waals surface area contributed by atoms with Crippen LogP contribution in [0.5, 0.6) is 0 Å². The first kappa shape index (κ1) is 13.0. The normalized spacial score (nSPS) is 18.2. The molecule has 0 bridgehead atoms. The van der Waals surface area contributed by atoms with Crippen molar-refractivity contribution in [1.82, 2.24) is 19.9 Å². The molecule has 0 spiro atoms.